The quantitative estimate of drug-likeness (QED) is 0.731. The minimum Gasteiger partial charge on any atom is -0.314 e. The van der Waals surface area contributed by atoms with Crippen molar-refractivity contribution in [2.45, 2.75) is 79.2 Å². The molecule has 0 heterocycles. The average molecular weight is 277 g/mol. The standard InChI is InChI=1S/C19H35N/c1-6-9-20-16(17-18(2,3)19(17,4)5)12-15-11-13-7-8-14(15)10-13/h13-17,20H,6-12H2,1-5H3. The molecule has 1 nitrogen and oxygen atoms in total. The molecule has 0 radical (unpaired) electrons. The summed E-state index contributed by atoms with van der Waals surface area (Å²) in [6.45, 7) is 13.4. The average Bonchev–Trinajstić information content (AvgIpc) is 2.83. The summed E-state index contributed by atoms with van der Waals surface area (Å²) < 4.78 is 0. The van der Waals surface area contributed by atoms with E-state index < -0.39 is 0 Å². The van der Waals surface area contributed by atoms with Crippen molar-refractivity contribution < 1.29 is 0 Å². The van der Waals surface area contributed by atoms with Crippen molar-refractivity contribution in [1.29, 1.82) is 0 Å². The summed E-state index contributed by atoms with van der Waals surface area (Å²) in [5, 5.41) is 3.93. The van der Waals surface area contributed by atoms with Gasteiger partial charge < -0.3 is 5.32 Å². The molecule has 1 heteroatoms. The monoisotopic (exact) mass is 277 g/mol. The van der Waals surface area contributed by atoms with E-state index in [0.717, 1.165) is 29.7 Å². The van der Waals surface area contributed by atoms with Gasteiger partial charge in [0.2, 0.25) is 0 Å². The second-order valence-corrected chi connectivity index (χ2v) is 9.15. The molecule has 3 saturated carbocycles. The van der Waals surface area contributed by atoms with Crippen LogP contribution in [0, 0.1) is 34.5 Å². The molecule has 2 bridgehead atoms. The van der Waals surface area contributed by atoms with Crippen molar-refractivity contribution in [3.05, 3.63) is 0 Å². The molecule has 0 saturated heterocycles. The third-order valence-electron chi connectivity index (χ3n) is 7.63. The lowest BCUT2D eigenvalue weighted by molar-refractivity contribution is 0.251. The maximum absolute atomic E-state index is 3.93. The Bertz CT molecular complexity index is 343. The highest BCUT2D eigenvalue weighted by Crippen LogP contribution is 2.70. The summed E-state index contributed by atoms with van der Waals surface area (Å²) in [6, 6.07) is 0.768. The third-order valence-corrected chi connectivity index (χ3v) is 7.63. The van der Waals surface area contributed by atoms with Crippen LogP contribution in [0.1, 0.15) is 73.1 Å². The topological polar surface area (TPSA) is 12.0 Å². The SMILES string of the molecule is CCCNC(CC1CC2CCC1C2)C1C(C)(C)C1(C)C. The van der Waals surface area contributed by atoms with E-state index in [1.807, 2.05) is 0 Å². The van der Waals surface area contributed by atoms with Gasteiger partial charge in [-0.25, -0.2) is 0 Å². The summed E-state index contributed by atoms with van der Waals surface area (Å²) in [5.74, 6) is 4.09. The fraction of sp³-hybridized carbons (Fsp3) is 1.00. The van der Waals surface area contributed by atoms with Gasteiger partial charge in [0.25, 0.3) is 0 Å². The van der Waals surface area contributed by atoms with Gasteiger partial charge in [-0.2, -0.15) is 0 Å². The fourth-order valence-electron chi connectivity index (χ4n) is 5.91. The van der Waals surface area contributed by atoms with Gasteiger partial charge in [0.05, 0.1) is 0 Å². The summed E-state index contributed by atoms with van der Waals surface area (Å²) in [7, 11) is 0. The molecule has 0 spiro atoms. The number of rotatable bonds is 6. The molecular weight excluding hydrogens is 242 g/mol. The van der Waals surface area contributed by atoms with Crippen LogP contribution < -0.4 is 5.32 Å². The number of nitrogens with one attached hydrogen (secondary N) is 1. The summed E-state index contributed by atoms with van der Waals surface area (Å²) in [5.41, 5.74) is 1.05. The van der Waals surface area contributed by atoms with Gasteiger partial charge in [-0.15, -0.1) is 0 Å². The molecule has 0 amide bonds. The van der Waals surface area contributed by atoms with Gasteiger partial charge in [-0.3, -0.25) is 0 Å². The molecule has 0 aromatic heterocycles. The predicted molar refractivity (Wildman–Crippen MR) is 86.7 cm³/mol. The van der Waals surface area contributed by atoms with E-state index in [0.29, 0.717) is 10.8 Å². The molecule has 3 aliphatic rings. The second kappa shape index (κ2) is 5.00. The molecular formula is C19H35N. The van der Waals surface area contributed by atoms with Gasteiger partial charge in [0, 0.05) is 6.04 Å². The maximum atomic E-state index is 3.93. The number of hydrogen-bond acceptors (Lipinski definition) is 1. The van der Waals surface area contributed by atoms with Gasteiger partial charge in [-0.05, 0) is 73.2 Å². The van der Waals surface area contributed by atoms with Crippen molar-refractivity contribution >= 4 is 0 Å². The molecule has 116 valence electrons. The lowest BCUT2D eigenvalue weighted by Crippen LogP contribution is -2.36. The van der Waals surface area contributed by atoms with E-state index in [9.17, 15) is 0 Å². The first-order valence-electron chi connectivity index (χ1n) is 9.11. The van der Waals surface area contributed by atoms with Crippen molar-refractivity contribution in [1.82, 2.24) is 5.32 Å². The first-order valence-corrected chi connectivity index (χ1v) is 9.11. The summed E-state index contributed by atoms with van der Waals surface area (Å²) in [6.07, 6.45) is 8.90. The van der Waals surface area contributed by atoms with Crippen LogP contribution in [0.15, 0.2) is 0 Å². The van der Waals surface area contributed by atoms with Crippen LogP contribution in [-0.4, -0.2) is 12.6 Å². The van der Waals surface area contributed by atoms with E-state index >= 15 is 0 Å². The minimum atomic E-state index is 0.524. The largest absolute Gasteiger partial charge is 0.314 e. The molecule has 3 fully saturated rings. The third kappa shape index (κ3) is 2.25. The number of hydrogen-bond donors (Lipinski definition) is 1. The van der Waals surface area contributed by atoms with Crippen LogP contribution in [0.5, 0.6) is 0 Å². The fourth-order valence-corrected chi connectivity index (χ4v) is 5.91. The van der Waals surface area contributed by atoms with E-state index in [1.165, 1.54) is 32.2 Å². The molecule has 4 unspecified atom stereocenters. The van der Waals surface area contributed by atoms with Crippen molar-refractivity contribution in [2.24, 2.45) is 34.5 Å². The first kappa shape index (κ1) is 14.9. The highest BCUT2D eigenvalue weighted by atomic mass is 15.0. The molecule has 3 aliphatic carbocycles. The minimum absolute atomic E-state index is 0.524. The molecule has 4 atom stereocenters. The zero-order valence-electron chi connectivity index (χ0n) is 14.3. The lowest BCUT2D eigenvalue weighted by Gasteiger charge is -2.29. The highest BCUT2D eigenvalue weighted by Gasteiger charge is 2.67. The highest BCUT2D eigenvalue weighted by molar-refractivity contribution is 5.16. The zero-order valence-corrected chi connectivity index (χ0v) is 14.3. The van der Waals surface area contributed by atoms with E-state index in [2.05, 4.69) is 39.9 Å². The van der Waals surface area contributed by atoms with Crippen LogP contribution >= 0.6 is 0 Å². The Morgan fingerprint density at radius 2 is 1.75 bits per heavy atom. The predicted octanol–water partition coefficient (Wildman–Crippen LogP) is 4.86. The van der Waals surface area contributed by atoms with Crippen molar-refractivity contribution in [3.63, 3.8) is 0 Å². The molecule has 0 aromatic rings. The normalized spacial score (nSPS) is 39.1. The van der Waals surface area contributed by atoms with Gasteiger partial charge in [0.1, 0.15) is 0 Å². The lowest BCUT2D eigenvalue weighted by atomic mass is 9.82. The number of fused-ring (bicyclic) bond motifs is 2. The molecule has 1 N–H and O–H groups in total. The van der Waals surface area contributed by atoms with Crippen LogP contribution in [0.3, 0.4) is 0 Å². The summed E-state index contributed by atoms with van der Waals surface area (Å²) >= 11 is 0. The first-order chi connectivity index (χ1) is 9.38. The van der Waals surface area contributed by atoms with Crippen LogP contribution in [0.25, 0.3) is 0 Å². The molecule has 20 heavy (non-hydrogen) atoms. The van der Waals surface area contributed by atoms with Crippen molar-refractivity contribution in [3.8, 4) is 0 Å². The van der Waals surface area contributed by atoms with E-state index in [4.69, 9.17) is 0 Å². The van der Waals surface area contributed by atoms with Gasteiger partial charge in [0.15, 0.2) is 0 Å². The van der Waals surface area contributed by atoms with Crippen LogP contribution in [-0.2, 0) is 0 Å². The van der Waals surface area contributed by atoms with Gasteiger partial charge >= 0.3 is 0 Å². The smallest absolute Gasteiger partial charge is 0.0109 e. The molecule has 0 aromatic carbocycles. The Hall–Kier alpha value is -0.0400. The summed E-state index contributed by atoms with van der Waals surface area (Å²) in [4.78, 5) is 0. The molecule has 3 rings (SSSR count). The Kier molecular flexibility index (Phi) is 3.72. The maximum Gasteiger partial charge on any atom is 0.0109 e. The van der Waals surface area contributed by atoms with Crippen molar-refractivity contribution in [2.75, 3.05) is 6.54 Å². The van der Waals surface area contributed by atoms with E-state index in [-0.39, 0.29) is 0 Å². The zero-order chi connectivity index (χ0) is 14.5. The van der Waals surface area contributed by atoms with Gasteiger partial charge in [-0.1, -0.05) is 41.0 Å². The molecule has 0 aliphatic heterocycles. The Labute approximate surface area is 126 Å². The second-order valence-electron chi connectivity index (χ2n) is 9.15. The van der Waals surface area contributed by atoms with Crippen LogP contribution in [0.4, 0.5) is 0 Å². The Morgan fingerprint density at radius 1 is 1.05 bits per heavy atom. The van der Waals surface area contributed by atoms with E-state index in [1.54, 1.807) is 12.8 Å². The Balaban J connectivity index is 1.65. The van der Waals surface area contributed by atoms with Crippen LogP contribution in [0.2, 0.25) is 0 Å². The Morgan fingerprint density at radius 3 is 2.20 bits per heavy atom.